The van der Waals surface area contributed by atoms with Crippen LogP contribution in [0.3, 0.4) is 0 Å². The Morgan fingerprint density at radius 1 is 1.27 bits per heavy atom. The molecule has 132 valence electrons. The largest absolute Gasteiger partial charge is 0.507 e. The maximum atomic E-state index is 14.4. The number of ether oxygens (including phenoxy) is 1. The molecule has 0 atom stereocenters. The molecule has 7 heteroatoms. The molecule has 26 heavy (non-hydrogen) atoms. The van der Waals surface area contributed by atoms with E-state index in [1.807, 2.05) is 6.07 Å². The minimum atomic E-state index is -1.15. The second-order valence-electron chi connectivity index (χ2n) is 6.12. The van der Waals surface area contributed by atoms with Gasteiger partial charge in [-0.25, -0.2) is 0 Å². The molecule has 0 bridgehead atoms. The Hall–Kier alpha value is -2.98. The van der Waals surface area contributed by atoms with Crippen LogP contribution in [0.15, 0.2) is 54.3 Å². The highest BCUT2D eigenvalue weighted by atomic mass is 32.2. The van der Waals surface area contributed by atoms with Gasteiger partial charge in [-0.2, -0.15) is 5.26 Å². The Morgan fingerprint density at radius 2 is 1.96 bits per heavy atom. The first-order valence-corrected chi connectivity index (χ1v) is 8.51. The van der Waals surface area contributed by atoms with Crippen molar-refractivity contribution in [1.82, 2.24) is 0 Å². The number of nitrogens with zero attached hydrogens (tertiary/aromatic N) is 2. The molecule has 2 aromatic rings. The number of benzene rings is 2. The van der Waals surface area contributed by atoms with Gasteiger partial charge in [-0.15, -0.1) is 4.53 Å². The summed E-state index contributed by atoms with van der Waals surface area (Å²) in [6.45, 7) is 3.21. The van der Waals surface area contributed by atoms with Crippen molar-refractivity contribution in [1.29, 1.82) is 5.26 Å². The van der Waals surface area contributed by atoms with Crippen LogP contribution < -0.4 is 9.26 Å². The van der Waals surface area contributed by atoms with Crippen molar-refractivity contribution in [3.8, 4) is 11.8 Å². The van der Waals surface area contributed by atoms with Gasteiger partial charge in [-0.3, -0.25) is 4.79 Å². The van der Waals surface area contributed by atoms with E-state index in [-0.39, 0.29) is 27.1 Å². The molecular weight excluding hydrogens is 355 g/mol. The van der Waals surface area contributed by atoms with Crippen molar-refractivity contribution in [2.45, 2.75) is 19.4 Å². The molecule has 0 radical (unpaired) electrons. The summed E-state index contributed by atoms with van der Waals surface area (Å²) >= 11 is 0.312. The molecule has 5 nitrogen and oxygen atoms in total. The van der Waals surface area contributed by atoms with Crippen LogP contribution >= 0.6 is 11.9 Å². The molecule has 0 amide bonds. The Balaban J connectivity index is 2.01. The summed E-state index contributed by atoms with van der Waals surface area (Å²) in [7, 11) is 0. The quantitative estimate of drug-likeness (QED) is 0.630. The van der Waals surface area contributed by atoms with E-state index in [0.717, 1.165) is 0 Å². The number of rotatable bonds is 3. The molecule has 0 unspecified atom stereocenters. The zero-order valence-corrected chi connectivity index (χ0v) is 14.9. The summed E-state index contributed by atoms with van der Waals surface area (Å²) < 4.78 is 20.3. The van der Waals surface area contributed by atoms with E-state index in [4.69, 9.17) is 10.00 Å². The van der Waals surface area contributed by atoms with Gasteiger partial charge in [0.2, 0.25) is 5.12 Å². The fraction of sp³-hybridized carbons (Fsp3) is 0.158. The van der Waals surface area contributed by atoms with Crippen molar-refractivity contribution < 1.29 is 19.1 Å². The summed E-state index contributed by atoms with van der Waals surface area (Å²) in [5.41, 5.74) is -0.462. The van der Waals surface area contributed by atoms with Crippen molar-refractivity contribution in [2.24, 2.45) is 0 Å². The third-order valence-corrected chi connectivity index (χ3v) is 4.62. The smallest absolute Gasteiger partial charge is 0.246 e. The minimum absolute atomic E-state index is 0.0723. The van der Waals surface area contributed by atoms with E-state index in [1.54, 1.807) is 44.2 Å². The number of aliphatic hydroxyl groups is 1. The average molecular weight is 370 g/mol. The summed E-state index contributed by atoms with van der Waals surface area (Å²) in [6.07, 6.45) is 0. The van der Waals surface area contributed by atoms with Gasteiger partial charge in [-0.1, -0.05) is 22.7 Å². The van der Waals surface area contributed by atoms with E-state index < -0.39 is 10.7 Å². The van der Waals surface area contributed by atoms with Gasteiger partial charge in [0.05, 0.1) is 34.8 Å². The van der Waals surface area contributed by atoms with Crippen LogP contribution in [-0.2, 0) is 4.79 Å². The first-order valence-electron chi connectivity index (χ1n) is 7.74. The van der Waals surface area contributed by atoms with Crippen molar-refractivity contribution in [3.63, 3.8) is 0 Å². The Labute approximate surface area is 154 Å². The number of carbonyl (C=O) groups excluding carboxylic acids is 1. The highest BCUT2D eigenvalue weighted by molar-refractivity contribution is 8.15. The molecule has 0 aliphatic carbocycles. The highest BCUT2D eigenvalue weighted by Gasteiger charge is 2.39. The average Bonchev–Trinajstić information content (AvgIpc) is 2.62. The van der Waals surface area contributed by atoms with Crippen LogP contribution in [0, 0.1) is 11.3 Å². The van der Waals surface area contributed by atoms with Crippen LogP contribution in [0.25, 0.3) is 5.57 Å². The van der Waals surface area contributed by atoms with Crippen molar-refractivity contribution >= 4 is 28.3 Å². The Morgan fingerprint density at radius 3 is 2.62 bits per heavy atom. The highest BCUT2D eigenvalue weighted by Crippen LogP contribution is 2.42. The predicted octanol–water partition coefficient (Wildman–Crippen LogP) is 4.56. The number of carbonyl (C=O) groups is 1. The molecule has 0 aromatic heterocycles. The van der Waals surface area contributed by atoms with E-state index in [0.29, 0.717) is 23.3 Å². The monoisotopic (exact) mass is 370 g/mol. The lowest BCUT2D eigenvalue weighted by atomic mass is 9.92. The van der Waals surface area contributed by atoms with E-state index in [2.05, 4.69) is 0 Å². The summed E-state index contributed by atoms with van der Waals surface area (Å²) in [6, 6.07) is 14.6. The molecule has 3 rings (SSSR count). The van der Waals surface area contributed by atoms with Crippen LogP contribution in [0.2, 0.25) is 0 Å². The van der Waals surface area contributed by atoms with Gasteiger partial charge >= 0.3 is 0 Å². The maximum absolute atomic E-state index is 14.4. The van der Waals surface area contributed by atoms with E-state index in [9.17, 15) is 14.4 Å². The van der Waals surface area contributed by atoms with Gasteiger partial charge in [-0.05, 0) is 44.2 Å². The maximum Gasteiger partial charge on any atom is 0.246 e. The fourth-order valence-electron chi connectivity index (χ4n) is 2.56. The zero-order valence-electron chi connectivity index (χ0n) is 14.1. The molecule has 0 fully saturated rings. The SMILES string of the molecule is CC1(C)Oc2ccc(C#N)cc2C(C(=O)SN(F)c2ccccc2)=C1O. The van der Waals surface area contributed by atoms with Crippen LogP contribution in [-0.4, -0.2) is 15.8 Å². The first-order chi connectivity index (χ1) is 12.3. The molecule has 0 spiro atoms. The topological polar surface area (TPSA) is 73.6 Å². The number of hydrogen-bond donors (Lipinski definition) is 1. The van der Waals surface area contributed by atoms with E-state index in [1.165, 1.54) is 18.2 Å². The summed E-state index contributed by atoms with van der Waals surface area (Å²) in [5, 5.41) is 19.0. The number of aliphatic hydroxyl groups excluding tert-OH is 1. The number of para-hydroxylation sites is 1. The van der Waals surface area contributed by atoms with Gasteiger partial charge in [0.15, 0.2) is 5.60 Å². The van der Waals surface area contributed by atoms with Gasteiger partial charge in [0, 0.05) is 5.56 Å². The normalized spacial score (nSPS) is 14.8. The predicted molar refractivity (Wildman–Crippen MR) is 98.0 cm³/mol. The third-order valence-electron chi connectivity index (χ3n) is 3.88. The van der Waals surface area contributed by atoms with Gasteiger partial charge < -0.3 is 9.84 Å². The number of fused-ring (bicyclic) bond motifs is 1. The molecule has 1 aliphatic heterocycles. The van der Waals surface area contributed by atoms with Crippen molar-refractivity contribution in [2.75, 3.05) is 4.53 Å². The number of anilines is 1. The third kappa shape index (κ3) is 3.24. The summed E-state index contributed by atoms with van der Waals surface area (Å²) in [5.74, 6) is 0.0416. The second kappa shape index (κ2) is 6.73. The lowest BCUT2D eigenvalue weighted by Gasteiger charge is -2.33. The summed E-state index contributed by atoms with van der Waals surface area (Å²) in [4.78, 5) is 12.8. The standard InChI is InChI=1S/C19H15FN2O3S/c1-19(2)17(23)16(14-10-12(11-21)8-9-15(14)25-19)18(24)26-22(20)13-6-4-3-5-7-13/h3-10,23H,1-2H3. The lowest BCUT2D eigenvalue weighted by molar-refractivity contribution is -0.106. The minimum Gasteiger partial charge on any atom is -0.507 e. The van der Waals surface area contributed by atoms with E-state index >= 15 is 0 Å². The molecule has 0 saturated heterocycles. The van der Waals surface area contributed by atoms with Gasteiger partial charge in [0.25, 0.3) is 0 Å². The molecular formula is C19H15FN2O3S. The fourth-order valence-corrected chi connectivity index (χ4v) is 3.23. The number of halogens is 1. The molecule has 0 saturated carbocycles. The number of hydrogen-bond acceptors (Lipinski definition) is 6. The molecule has 2 aromatic carbocycles. The second-order valence-corrected chi connectivity index (χ2v) is 6.99. The van der Waals surface area contributed by atoms with Crippen LogP contribution in [0.5, 0.6) is 5.75 Å². The first kappa shape index (κ1) is 17.8. The molecule has 1 aliphatic rings. The van der Waals surface area contributed by atoms with Crippen molar-refractivity contribution in [3.05, 3.63) is 65.4 Å². The zero-order chi connectivity index (χ0) is 18.9. The number of nitriles is 1. The molecule has 1 heterocycles. The Bertz CT molecular complexity index is 936. The van der Waals surface area contributed by atoms with Crippen LogP contribution in [0.1, 0.15) is 25.0 Å². The van der Waals surface area contributed by atoms with Crippen LogP contribution in [0.4, 0.5) is 10.2 Å². The lowest BCUT2D eigenvalue weighted by Crippen LogP contribution is -2.36. The molecule has 1 N–H and O–H groups in total. The van der Waals surface area contributed by atoms with Gasteiger partial charge in [0.1, 0.15) is 11.5 Å². The Kier molecular flexibility index (Phi) is 4.62.